The van der Waals surface area contributed by atoms with Crippen molar-refractivity contribution in [3.63, 3.8) is 0 Å². The Bertz CT molecular complexity index is 1410. The van der Waals surface area contributed by atoms with Crippen LogP contribution in [-0.2, 0) is 26.2 Å². The molecular formula is C31H38ClN3O4S. The molecule has 0 radical (unpaired) electrons. The number of sulfonamides is 1. The van der Waals surface area contributed by atoms with E-state index in [0.717, 1.165) is 27.4 Å². The molecule has 2 atom stereocenters. The van der Waals surface area contributed by atoms with Gasteiger partial charge < -0.3 is 10.2 Å². The van der Waals surface area contributed by atoms with Gasteiger partial charge in [-0.3, -0.25) is 13.9 Å². The minimum absolute atomic E-state index is 0.0114. The summed E-state index contributed by atoms with van der Waals surface area (Å²) in [5.41, 5.74) is 3.16. The summed E-state index contributed by atoms with van der Waals surface area (Å²) < 4.78 is 28.9. The summed E-state index contributed by atoms with van der Waals surface area (Å²) in [6.07, 6.45) is 1.11. The second kappa shape index (κ2) is 13.8. The zero-order chi connectivity index (χ0) is 29.4. The molecule has 214 valence electrons. The second-order valence-corrected chi connectivity index (χ2v) is 12.3. The third kappa shape index (κ3) is 7.64. The molecule has 0 saturated heterocycles. The van der Waals surface area contributed by atoms with E-state index in [2.05, 4.69) is 5.32 Å². The molecule has 0 aliphatic rings. The maximum absolute atomic E-state index is 14.1. The van der Waals surface area contributed by atoms with Crippen LogP contribution in [0.5, 0.6) is 0 Å². The predicted octanol–water partition coefficient (Wildman–Crippen LogP) is 5.87. The molecule has 0 aromatic heterocycles. The third-order valence-electron chi connectivity index (χ3n) is 6.99. The van der Waals surface area contributed by atoms with Gasteiger partial charge in [-0.25, -0.2) is 8.42 Å². The molecule has 0 heterocycles. The smallest absolute Gasteiger partial charge is 0.264 e. The fraction of sp³-hybridized carbons (Fsp3) is 0.355. The molecule has 40 heavy (non-hydrogen) atoms. The number of halogens is 1. The number of carbonyl (C=O) groups excluding carboxylic acids is 2. The maximum atomic E-state index is 14.1. The van der Waals surface area contributed by atoms with Crippen molar-refractivity contribution in [1.82, 2.24) is 10.2 Å². The SMILES string of the molecule is CC[C@H](C)NC(=O)[C@H](CC)N(Cc1ccccc1C)C(=O)CN(c1ccc(C)cc1)S(=O)(=O)c1ccc(Cl)cc1. The van der Waals surface area contributed by atoms with Gasteiger partial charge in [0.2, 0.25) is 11.8 Å². The van der Waals surface area contributed by atoms with Gasteiger partial charge in [-0.2, -0.15) is 0 Å². The average Bonchev–Trinajstić information content (AvgIpc) is 2.93. The van der Waals surface area contributed by atoms with Crippen molar-refractivity contribution >= 4 is 39.1 Å². The molecule has 3 aromatic carbocycles. The molecule has 7 nitrogen and oxygen atoms in total. The molecule has 0 unspecified atom stereocenters. The number of benzene rings is 3. The summed E-state index contributed by atoms with van der Waals surface area (Å²) in [5, 5.41) is 3.39. The lowest BCUT2D eigenvalue weighted by Crippen LogP contribution is -2.53. The topological polar surface area (TPSA) is 86.8 Å². The summed E-state index contributed by atoms with van der Waals surface area (Å²) in [4.78, 5) is 29.0. The average molecular weight is 584 g/mol. The van der Waals surface area contributed by atoms with Gasteiger partial charge in [-0.05, 0) is 81.1 Å². The number of carbonyl (C=O) groups is 2. The molecule has 2 amide bonds. The molecule has 3 aromatic rings. The van der Waals surface area contributed by atoms with Crippen molar-refractivity contribution in [3.8, 4) is 0 Å². The zero-order valence-corrected chi connectivity index (χ0v) is 25.3. The van der Waals surface area contributed by atoms with Gasteiger partial charge in [-0.1, -0.05) is 67.4 Å². The van der Waals surface area contributed by atoms with E-state index >= 15 is 0 Å². The Kier molecular flexibility index (Phi) is 10.8. The van der Waals surface area contributed by atoms with Crippen LogP contribution in [0.1, 0.15) is 50.3 Å². The first-order valence-electron chi connectivity index (χ1n) is 13.5. The van der Waals surface area contributed by atoms with Crippen LogP contribution in [-0.4, -0.2) is 43.8 Å². The summed E-state index contributed by atoms with van der Waals surface area (Å²) in [6, 6.07) is 19.6. The van der Waals surface area contributed by atoms with Crippen molar-refractivity contribution in [2.75, 3.05) is 10.8 Å². The Balaban J connectivity index is 2.06. The van der Waals surface area contributed by atoms with Crippen molar-refractivity contribution < 1.29 is 18.0 Å². The number of rotatable bonds is 12. The Hall–Kier alpha value is -3.36. The van der Waals surface area contributed by atoms with Gasteiger partial charge in [0.25, 0.3) is 10.0 Å². The van der Waals surface area contributed by atoms with Gasteiger partial charge in [0.15, 0.2) is 0 Å². The summed E-state index contributed by atoms with van der Waals surface area (Å²) >= 11 is 6.01. The highest BCUT2D eigenvalue weighted by atomic mass is 35.5. The number of nitrogens with zero attached hydrogens (tertiary/aromatic N) is 2. The molecule has 0 aliphatic heterocycles. The molecule has 0 fully saturated rings. The van der Waals surface area contributed by atoms with Crippen LogP contribution < -0.4 is 9.62 Å². The van der Waals surface area contributed by atoms with E-state index in [1.807, 2.05) is 58.9 Å². The van der Waals surface area contributed by atoms with E-state index in [1.165, 1.54) is 29.2 Å². The van der Waals surface area contributed by atoms with E-state index in [-0.39, 0.29) is 23.4 Å². The van der Waals surface area contributed by atoms with Crippen molar-refractivity contribution in [2.45, 2.75) is 71.0 Å². The number of nitrogens with one attached hydrogen (secondary N) is 1. The lowest BCUT2D eigenvalue weighted by Gasteiger charge is -2.34. The summed E-state index contributed by atoms with van der Waals surface area (Å²) in [5.74, 6) is -0.742. The number of amides is 2. The molecule has 9 heteroatoms. The fourth-order valence-corrected chi connectivity index (χ4v) is 5.85. The van der Waals surface area contributed by atoms with E-state index < -0.39 is 28.5 Å². The molecular weight excluding hydrogens is 546 g/mol. The predicted molar refractivity (Wildman–Crippen MR) is 161 cm³/mol. The number of aryl methyl sites for hydroxylation is 2. The normalized spacial score (nSPS) is 12.8. The fourth-order valence-electron chi connectivity index (χ4n) is 4.31. The molecule has 0 aliphatic carbocycles. The monoisotopic (exact) mass is 583 g/mol. The van der Waals surface area contributed by atoms with Crippen molar-refractivity contribution in [3.05, 3.63) is 94.5 Å². The first-order valence-corrected chi connectivity index (χ1v) is 15.3. The van der Waals surface area contributed by atoms with Crippen LogP contribution in [0, 0.1) is 13.8 Å². The number of hydrogen-bond acceptors (Lipinski definition) is 4. The maximum Gasteiger partial charge on any atom is 0.264 e. The highest BCUT2D eigenvalue weighted by Crippen LogP contribution is 2.26. The van der Waals surface area contributed by atoms with Gasteiger partial charge in [0, 0.05) is 17.6 Å². The van der Waals surface area contributed by atoms with Crippen LogP contribution in [0.2, 0.25) is 5.02 Å². The van der Waals surface area contributed by atoms with Crippen molar-refractivity contribution in [1.29, 1.82) is 0 Å². The highest BCUT2D eigenvalue weighted by Gasteiger charge is 2.34. The van der Waals surface area contributed by atoms with Gasteiger partial charge in [0.05, 0.1) is 10.6 Å². The van der Waals surface area contributed by atoms with Crippen LogP contribution in [0.3, 0.4) is 0 Å². The first kappa shape index (κ1) is 31.2. The first-order chi connectivity index (χ1) is 19.0. The van der Waals surface area contributed by atoms with E-state index in [9.17, 15) is 18.0 Å². The lowest BCUT2D eigenvalue weighted by molar-refractivity contribution is -0.140. The van der Waals surface area contributed by atoms with Gasteiger partial charge in [-0.15, -0.1) is 0 Å². The minimum atomic E-state index is -4.14. The van der Waals surface area contributed by atoms with Crippen LogP contribution in [0.15, 0.2) is 77.7 Å². The molecule has 0 spiro atoms. The standard InChI is InChI=1S/C31H38ClN3O4S/c1-6-24(5)33-31(37)29(7-2)34(20-25-11-9-8-10-23(25)4)30(36)21-35(27-16-12-22(3)13-17-27)40(38,39)28-18-14-26(32)15-19-28/h8-19,24,29H,6-7,20-21H2,1-5H3,(H,33,37)/t24-,29-/m0/s1. The largest absolute Gasteiger partial charge is 0.352 e. The Labute approximate surface area is 243 Å². The Morgan fingerprint density at radius 1 is 0.900 bits per heavy atom. The van der Waals surface area contributed by atoms with Gasteiger partial charge >= 0.3 is 0 Å². The van der Waals surface area contributed by atoms with E-state index in [4.69, 9.17) is 11.6 Å². The molecule has 3 rings (SSSR count). The van der Waals surface area contributed by atoms with E-state index in [1.54, 1.807) is 24.3 Å². The van der Waals surface area contributed by atoms with E-state index in [0.29, 0.717) is 17.1 Å². The minimum Gasteiger partial charge on any atom is -0.352 e. The summed E-state index contributed by atoms with van der Waals surface area (Å²) in [6.45, 7) is 9.27. The van der Waals surface area contributed by atoms with Crippen LogP contribution in [0.25, 0.3) is 0 Å². The van der Waals surface area contributed by atoms with Crippen molar-refractivity contribution in [2.24, 2.45) is 0 Å². The quantitative estimate of drug-likeness (QED) is 0.289. The van der Waals surface area contributed by atoms with Crippen LogP contribution in [0.4, 0.5) is 5.69 Å². The molecule has 0 saturated carbocycles. The number of anilines is 1. The second-order valence-electron chi connectivity index (χ2n) is 9.99. The lowest BCUT2D eigenvalue weighted by atomic mass is 10.1. The Morgan fingerprint density at radius 3 is 2.10 bits per heavy atom. The molecule has 0 bridgehead atoms. The summed E-state index contributed by atoms with van der Waals surface area (Å²) in [7, 11) is -4.14. The molecule has 1 N–H and O–H groups in total. The zero-order valence-electron chi connectivity index (χ0n) is 23.7. The Morgan fingerprint density at radius 2 is 1.52 bits per heavy atom. The van der Waals surface area contributed by atoms with Gasteiger partial charge in [0.1, 0.15) is 12.6 Å². The number of hydrogen-bond donors (Lipinski definition) is 1. The van der Waals surface area contributed by atoms with Crippen LogP contribution >= 0.6 is 11.6 Å². The third-order valence-corrected chi connectivity index (χ3v) is 9.03. The highest BCUT2D eigenvalue weighted by molar-refractivity contribution is 7.92.